The molecule has 0 spiro atoms. The van der Waals surface area contributed by atoms with Crippen LogP contribution in [0.15, 0.2) is 48.8 Å². The molecule has 1 aromatic carbocycles. The maximum atomic E-state index is 11.4. The zero-order chi connectivity index (χ0) is 19.5. The van der Waals surface area contributed by atoms with Crippen LogP contribution in [0.3, 0.4) is 0 Å². The number of aromatic carboxylic acids is 1. The first-order valence-corrected chi connectivity index (χ1v) is 10.4. The van der Waals surface area contributed by atoms with E-state index >= 15 is 0 Å². The highest BCUT2D eigenvalue weighted by Gasteiger charge is 2.22. The summed E-state index contributed by atoms with van der Waals surface area (Å²) in [6, 6.07) is 12.5. The van der Waals surface area contributed by atoms with E-state index in [4.69, 9.17) is 4.74 Å². The van der Waals surface area contributed by atoms with Crippen LogP contribution >= 0.6 is 11.3 Å². The van der Waals surface area contributed by atoms with E-state index in [-0.39, 0.29) is 0 Å². The summed E-state index contributed by atoms with van der Waals surface area (Å²) in [7, 11) is 0. The summed E-state index contributed by atoms with van der Waals surface area (Å²) < 4.78 is 5.95. The third-order valence-corrected chi connectivity index (χ3v) is 6.31. The zero-order valence-corrected chi connectivity index (χ0v) is 16.7. The Bertz CT molecular complexity index is 995. The fourth-order valence-corrected chi connectivity index (χ4v) is 4.79. The average molecular weight is 394 g/mol. The van der Waals surface area contributed by atoms with Crippen LogP contribution in [0.25, 0.3) is 0 Å². The Morgan fingerprint density at radius 1 is 1.29 bits per heavy atom. The highest BCUT2D eigenvalue weighted by molar-refractivity contribution is 7.11. The van der Waals surface area contributed by atoms with Crippen LogP contribution in [0.2, 0.25) is 0 Å². The van der Waals surface area contributed by atoms with E-state index in [1.807, 2.05) is 11.3 Å². The molecule has 3 heterocycles. The predicted molar refractivity (Wildman–Crippen MR) is 111 cm³/mol. The smallest absolute Gasteiger partial charge is 0.336 e. The van der Waals surface area contributed by atoms with Gasteiger partial charge >= 0.3 is 5.97 Å². The summed E-state index contributed by atoms with van der Waals surface area (Å²) in [5.41, 5.74) is 3.65. The van der Waals surface area contributed by atoms with Crippen molar-refractivity contribution in [1.82, 2.24) is 4.98 Å². The number of thiophene rings is 1. The summed E-state index contributed by atoms with van der Waals surface area (Å²) in [6.07, 6.45) is 6.70. The molecular formula is C23H23NO3S. The van der Waals surface area contributed by atoms with Crippen molar-refractivity contribution in [2.75, 3.05) is 6.61 Å². The molecule has 4 nitrogen and oxygen atoms in total. The number of aryl methyl sites for hydroxylation is 2. The van der Waals surface area contributed by atoms with Gasteiger partial charge in [0.15, 0.2) is 0 Å². The summed E-state index contributed by atoms with van der Waals surface area (Å²) in [5, 5.41) is 9.37. The van der Waals surface area contributed by atoms with Crippen molar-refractivity contribution in [2.45, 2.75) is 38.5 Å². The Morgan fingerprint density at radius 3 is 2.96 bits per heavy atom. The number of hydrogen-bond donors (Lipinski definition) is 1. The van der Waals surface area contributed by atoms with Crippen LogP contribution in [0.4, 0.5) is 0 Å². The number of pyridine rings is 1. The van der Waals surface area contributed by atoms with Crippen LogP contribution in [-0.2, 0) is 12.8 Å². The van der Waals surface area contributed by atoms with E-state index < -0.39 is 5.97 Å². The van der Waals surface area contributed by atoms with Gasteiger partial charge in [-0.3, -0.25) is 4.98 Å². The average Bonchev–Trinajstić information content (AvgIpc) is 3.10. The molecule has 144 valence electrons. The number of ether oxygens (including phenoxy) is 1. The third-order valence-electron chi connectivity index (χ3n) is 5.31. The van der Waals surface area contributed by atoms with E-state index in [0.29, 0.717) is 24.5 Å². The molecule has 0 saturated carbocycles. The molecule has 2 aromatic heterocycles. The van der Waals surface area contributed by atoms with Crippen LogP contribution in [-0.4, -0.2) is 22.7 Å². The molecule has 1 atom stereocenters. The minimum absolute atomic E-state index is 0.351. The van der Waals surface area contributed by atoms with Gasteiger partial charge in [-0.15, -0.1) is 11.3 Å². The molecule has 1 aliphatic heterocycles. The second-order valence-corrected chi connectivity index (χ2v) is 8.64. The Kier molecular flexibility index (Phi) is 5.44. The molecule has 0 saturated heterocycles. The Morgan fingerprint density at radius 2 is 2.18 bits per heavy atom. The minimum Gasteiger partial charge on any atom is -0.493 e. The fourth-order valence-electron chi connectivity index (χ4n) is 3.86. The van der Waals surface area contributed by atoms with Gasteiger partial charge in [0.1, 0.15) is 5.75 Å². The fraction of sp³-hybridized carbons (Fsp3) is 0.304. The van der Waals surface area contributed by atoms with Crippen LogP contribution < -0.4 is 4.74 Å². The second-order valence-electron chi connectivity index (χ2n) is 7.27. The Labute approximate surface area is 168 Å². The third kappa shape index (κ3) is 4.09. The lowest BCUT2D eigenvalue weighted by Crippen LogP contribution is -2.15. The van der Waals surface area contributed by atoms with Gasteiger partial charge in [0, 0.05) is 28.6 Å². The molecule has 0 aliphatic carbocycles. The van der Waals surface area contributed by atoms with E-state index in [1.165, 1.54) is 27.1 Å². The summed E-state index contributed by atoms with van der Waals surface area (Å²) in [6.45, 7) is 2.84. The van der Waals surface area contributed by atoms with E-state index in [0.717, 1.165) is 30.6 Å². The van der Waals surface area contributed by atoms with Crippen molar-refractivity contribution in [2.24, 2.45) is 0 Å². The van der Waals surface area contributed by atoms with Crippen molar-refractivity contribution in [1.29, 1.82) is 0 Å². The second kappa shape index (κ2) is 8.15. The van der Waals surface area contributed by atoms with Gasteiger partial charge in [0.05, 0.1) is 12.2 Å². The molecule has 1 aliphatic rings. The molecule has 4 rings (SSSR count). The van der Waals surface area contributed by atoms with Crippen molar-refractivity contribution >= 4 is 17.3 Å². The lowest BCUT2D eigenvalue weighted by atomic mass is 9.86. The molecule has 1 N–H and O–H groups in total. The number of hydrogen-bond acceptors (Lipinski definition) is 4. The highest BCUT2D eigenvalue weighted by Crippen LogP contribution is 2.37. The first kappa shape index (κ1) is 18.7. The molecule has 3 aromatic rings. The largest absolute Gasteiger partial charge is 0.493 e. The zero-order valence-electron chi connectivity index (χ0n) is 15.9. The normalized spacial score (nSPS) is 15.7. The standard InChI is InChI=1S/C23H23NO3S/c1-15-2-6-19(28-15)12-16-3-7-20-17(9-11-27-22(20)13-16)4-5-18-14-24-10-8-21(18)23(25)26/h2-3,6-8,10,13-14,17H,4-5,9,11-12H2,1H3,(H,25,26). The van der Waals surface area contributed by atoms with Crippen LogP contribution in [0.1, 0.15) is 55.6 Å². The molecule has 28 heavy (non-hydrogen) atoms. The van der Waals surface area contributed by atoms with E-state index in [2.05, 4.69) is 42.2 Å². The van der Waals surface area contributed by atoms with Gasteiger partial charge in [-0.2, -0.15) is 0 Å². The van der Waals surface area contributed by atoms with E-state index in [1.54, 1.807) is 12.3 Å². The lowest BCUT2D eigenvalue weighted by molar-refractivity contribution is 0.0695. The van der Waals surface area contributed by atoms with Crippen LogP contribution in [0.5, 0.6) is 5.75 Å². The number of carboxylic acids is 1. The quantitative estimate of drug-likeness (QED) is 0.622. The molecule has 0 bridgehead atoms. The van der Waals surface area contributed by atoms with Gasteiger partial charge in [-0.1, -0.05) is 12.1 Å². The summed E-state index contributed by atoms with van der Waals surface area (Å²) in [4.78, 5) is 18.2. The van der Waals surface area contributed by atoms with Gasteiger partial charge in [-0.05, 0) is 73.1 Å². The van der Waals surface area contributed by atoms with E-state index in [9.17, 15) is 9.90 Å². The van der Waals surface area contributed by atoms with Crippen molar-refractivity contribution in [3.8, 4) is 5.75 Å². The number of rotatable bonds is 6. The predicted octanol–water partition coefficient (Wildman–Crippen LogP) is 5.24. The van der Waals surface area contributed by atoms with Gasteiger partial charge < -0.3 is 9.84 Å². The van der Waals surface area contributed by atoms with Gasteiger partial charge in [0.25, 0.3) is 0 Å². The molecule has 5 heteroatoms. The molecule has 0 fully saturated rings. The summed E-state index contributed by atoms with van der Waals surface area (Å²) >= 11 is 1.84. The number of aromatic nitrogens is 1. The number of fused-ring (bicyclic) bond motifs is 1. The Balaban J connectivity index is 1.49. The molecular weight excluding hydrogens is 370 g/mol. The Hall–Kier alpha value is -2.66. The summed E-state index contributed by atoms with van der Waals surface area (Å²) in [5.74, 6) is 0.466. The molecule has 0 amide bonds. The highest BCUT2D eigenvalue weighted by atomic mass is 32.1. The number of carboxylic acid groups (broad SMARTS) is 1. The van der Waals surface area contributed by atoms with Crippen molar-refractivity contribution in [3.05, 3.63) is 80.8 Å². The van der Waals surface area contributed by atoms with Crippen molar-refractivity contribution < 1.29 is 14.6 Å². The first-order valence-electron chi connectivity index (χ1n) is 9.57. The minimum atomic E-state index is -0.891. The number of benzene rings is 1. The SMILES string of the molecule is Cc1ccc(Cc2ccc3c(c2)OCCC3CCc2cnccc2C(=O)O)s1. The van der Waals surface area contributed by atoms with Crippen molar-refractivity contribution in [3.63, 3.8) is 0 Å². The van der Waals surface area contributed by atoms with Crippen LogP contribution in [0, 0.1) is 6.92 Å². The lowest BCUT2D eigenvalue weighted by Gasteiger charge is -2.26. The maximum absolute atomic E-state index is 11.4. The topological polar surface area (TPSA) is 59.4 Å². The molecule has 0 radical (unpaired) electrons. The first-order chi connectivity index (χ1) is 13.6. The number of nitrogens with zero attached hydrogens (tertiary/aromatic N) is 1. The maximum Gasteiger partial charge on any atom is 0.336 e. The van der Waals surface area contributed by atoms with Gasteiger partial charge in [-0.25, -0.2) is 4.79 Å². The molecule has 1 unspecified atom stereocenters. The monoisotopic (exact) mass is 393 g/mol. The van der Waals surface area contributed by atoms with Gasteiger partial charge in [0.2, 0.25) is 0 Å². The number of carbonyl (C=O) groups is 1.